The number of aromatic nitrogens is 1. The van der Waals surface area contributed by atoms with Gasteiger partial charge in [-0.2, -0.15) is 9.41 Å². The molecule has 1 aliphatic rings. The monoisotopic (exact) mass is 402 g/mol. The number of benzene rings is 1. The van der Waals surface area contributed by atoms with Crippen molar-refractivity contribution in [2.45, 2.75) is 17.7 Å². The Labute approximate surface area is 161 Å². The van der Waals surface area contributed by atoms with Crippen LogP contribution in [-0.2, 0) is 10.0 Å². The van der Waals surface area contributed by atoms with Gasteiger partial charge in [-0.25, -0.2) is 13.4 Å². The Morgan fingerprint density at radius 3 is 2.67 bits per heavy atom. The van der Waals surface area contributed by atoms with Gasteiger partial charge in [-0.05, 0) is 37.1 Å². The summed E-state index contributed by atoms with van der Waals surface area (Å²) in [7, 11) is -3.39. The third-order valence-corrected chi connectivity index (χ3v) is 6.91. The first-order valence-corrected chi connectivity index (χ1v) is 10.8. The molecule has 27 heavy (non-hydrogen) atoms. The smallest absolute Gasteiger partial charge is 0.243 e. The Morgan fingerprint density at radius 1 is 1.19 bits per heavy atom. The van der Waals surface area contributed by atoms with Crippen LogP contribution >= 0.6 is 11.3 Å². The number of thiazole rings is 1. The molecule has 7 nitrogen and oxygen atoms in total. The van der Waals surface area contributed by atoms with Crippen molar-refractivity contribution < 1.29 is 12.8 Å². The third-order valence-electron chi connectivity index (χ3n) is 4.25. The van der Waals surface area contributed by atoms with Crippen molar-refractivity contribution in [3.05, 3.63) is 53.8 Å². The second kappa shape index (κ2) is 7.63. The van der Waals surface area contributed by atoms with E-state index < -0.39 is 10.0 Å². The topological polar surface area (TPSA) is 87.8 Å². The fourth-order valence-corrected chi connectivity index (χ4v) is 5.03. The van der Waals surface area contributed by atoms with Crippen molar-refractivity contribution in [2.24, 2.45) is 5.10 Å². The zero-order valence-corrected chi connectivity index (χ0v) is 16.0. The van der Waals surface area contributed by atoms with Crippen LogP contribution in [0.25, 0.3) is 11.3 Å². The molecule has 3 heterocycles. The van der Waals surface area contributed by atoms with Crippen molar-refractivity contribution in [3.63, 3.8) is 0 Å². The van der Waals surface area contributed by atoms with Gasteiger partial charge in [-0.3, -0.25) is 5.43 Å². The van der Waals surface area contributed by atoms with E-state index in [0.717, 1.165) is 24.1 Å². The number of hydrogen-bond acceptors (Lipinski definition) is 7. The normalized spacial score (nSPS) is 15.6. The van der Waals surface area contributed by atoms with Gasteiger partial charge in [0.15, 0.2) is 0 Å². The van der Waals surface area contributed by atoms with E-state index in [-0.39, 0.29) is 0 Å². The van der Waals surface area contributed by atoms with Gasteiger partial charge in [0.05, 0.1) is 23.1 Å². The van der Waals surface area contributed by atoms with Crippen molar-refractivity contribution in [1.29, 1.82) is 0 Å². The Morgan fingerprint density at radius 2 is 1.96 bits per heavy atom. The predicted octanol–water partition coefficient (Wildman–Crippen LogP) is 3.63. The van der Waals surface area contributed by atoms with Crippen LogP contribution in [0.2, 0.25) is 0 Å². The maximum atomic E-state index is 12.6. The highest BCUT2D eigenvalue weighted by Crippen LogP contribution is 2.27. The molecule has 9 heteroatoms. The summed E-state index contributed by atoms with van der Waals surface area (Å²) in [5, 5.41) is 6.61. The van der Waals surface area contributed by atoms with E-state index in [1.807, 2.05) is 5.38 Å². The Hall–Kier alpha value is -2.49. The maximum absolute atomic E-state index is 12.6. The quantitative estimate of drug-likeness (QED) is 0.502. The molecule has 0 saturated carbocycles. The minimum atomic E-state index is -3.39. The van der Waals surface area contributed by atoms with E-state index in [4.69, 9.17) is 4.42 Å². The van der Waals surface area contributed by atoms with Gasteiger partial charge in [-0.15, -0.1) is 11.3 Å². The minimum Gasteiger partial charge on any atom is -0.463 e. The fraction of sp³-hybridized carbons (Fsp3) is 0.222. The Balaban J connectivity index is 1.45. The number of furan rings is 1. The molecule has 0 spiro atoms. The number of rotatable bonds is 6. The number of hydrogen-bond donors (Lipinski definition) is 1. The first kappa shape index (κ1) is 17.9. The van der Waals surface area contributed by atoms with E-state index in [1.54, 1.807) is 53.2 Å². The first-order chi connectivity index (χ1) is 13.1. The molecule has 1 N–H and O–H groups in total. The summed E-state index contributed by atoms with van der Waals surface area (Å²) in [6, 6.07) is 10.4. The highest BCUT2D eigenvalue weighted by atomic mass is 32.2. The van der Waals surface area contributed by atoms with Gasteiger partial charge in [0.1, 0.15) is 5.76 Å². The molecular formula is C18H18N4O3S2. The largest absolute Gasteiger partial charge is 0.463 e. The lowest BCUT2D eigenvalue weighted by Crippen LogP contribution is -2.27. The minimum absolute atomic E-state index is 0.324. The van der Waals surface area contributed by atoms with E-state index in [0.29, 0.717) is 28.9 Å². The molecular weight excluding hydrogens is 384 g/mol. The zero-order chi connectivity index (χ0) is 18.7. The Bertz CT molecular complexity index is 1020. The molecule has 0 radical (unpaired) electrons. The summed E-state index contributed by atoms with van der Waals surface area (Å²) in [6.07, 6.45) is 5.00. The van der Waals surface area contributed by atoms with Crippen LogP contribution in [0.4, 0.5) is 5.13 Å². The average molecular weight is 403 g/mol. The molecule has 2 aromatic heterocycles. The molecule has 0 atom stereocenters. The molecule has 1 aliphatic heterocycles. The van der Waals surface area contributed by atoms with Gasteiger partial charge in [0.25, 0.3) is 0 Å². The van der Waals surface area contributed by atoms with Gasteiger partial charge in [0.2, 0.25) is 15.2 Å². The molecule has 1 aromatic carbocycles. The fourth-order valence-electron chi connectivity index (χ4n) is 2.85. The highest BCUT2D eigenvalue weighted by molar-refractivity contribution is 7.89. The maximum Gasteiger partial charge on any atom is 0.243 e. The number of sulfonamides is 1. The standard InChI is InChI=1S/C18H18N4O3S2/c23-27(24,22-9-1-2-10-22)16-7-5-14(6-8-16)17-13-26-18(20-17)21-19-12-15-4-3-11-25-15/h3-8,11-13H,1-2,9-10H2,(H,20,21)/b19-12+. The predicted molar refractivity (Wildman–Crippen MR) is 105 cm³/mol. The van der Waals surface area contributed by atoms with Gasteiger partial charge >= 0.3 is 0 Å². The molecule has 1 saturated heterocycles. The summed E-state index contributed by atoms with van der Waals surface area (Å²) < 4.78 is 31.9. The van der Waals surface area contributed by atoms with Crippen LogP contribution in [0.5, 0.6) is 0 Å². The SMILES string of the molecule is O=S(=O)(c1ccc(-c2csc(N/N=C/c3ccco3)n2)cc1)N1CCCC1. The van der Waals surface area contributed by atoms with Crippen molar-refractivity contribution in [3.8, 4) is 11.3 Å². The molecule has 0 aliphatic carbocycles. The molecule has 3 aromatic rings. The Kier molecular flexibility index (Phi) is 5.06. The van der Waals surface area contributed by atoms with Crippen molar-refractivity contribution in [1.82, 2.24) is 9.29 Å². The lowest BCUT2D eigenvalue weighted by Gasteiger charge is -2.15. The van der Waals surface area contributed by atoms with Gasteiger partial charge < -0.3 is 4.42 Å². The van der Waals surface area contributed by atoms with Gasteiger partial charge in [-0.1, -0.05) is 12.1 Å². The van der Waals surface area contributed by atoms with E-state index in [9.17, 15) is 8.42 Å². The highest BCUT2D eigenvalue weighted by Gasteiger charge is 2.26. The molecule has 0 amide bonds. The van der Waals surface area contributed by atoms with E-state index >= 15 is 0 Å². The molecule has 1 fully saturated rings. The van der Waals surface area contributed by atoms with Crippen molar-refractivity contribution in [2.75, 3.05) is 18.5 Å². The van der Waals surface area contributed by atoms with Crippen LogP contribution in [0.15, 0.2) is 62.5 Å². The summed E-state index contributed by atoms with van der Waals surface area (Å²) in [5.41, 5.74) is 4.48. The first-order valence-electron chi connectivity index (χ1n) is 8.52. The zero-order valence-electron chi connectivity index (χ0n) is 14.4. The number of nitrogens with one attached hydrogen (secondary N) is 1. The number of hydrazone groups is 1. The third kappa shape index (κ3) is 3.95. The van der Waals surface area contributed by atoms with Crippen LogP contribution < -0.4 is 5.43 Å². The summed E-state index contributed by atoms with van der Waals surface area (Å²) in [5.74, 6) is 0.647. The summed E-state index contributed by atoms with van der Waals surface area (Å²) in [4.78, 5) is 4.80. The molecule has 140 valence electrons. The second-order valence-corrected chi connectivity index (χ2v) is 8.85. The molecule has 0 bridgehead atoms. The summed E-state index contributed by atoms with van der Waals surface area (Å²) >= 11 is 1.42. The van der Waals surface area contributed by atoms with Crippen LogP contribution in [-0.4, -0.2) is 37.0 Å². The molecule has 0 unspecified atom stereocenters. The summed E-state index contributed by atoms with van der Waals surface area (Å²) in [6.45, 7) is 1.20. The van der Waals surface area contributed by atoms with E-state index in [1.165, 1.54) is 11.3 Å². The lowest BCUT2D eigenvalue weighted by atomic mass is 10.2. The lowest BCUT2D eigenvalue weighted by molar-refractivity contribution is 0.477. The second-order valence-electron chi connectivity index (χ2n) is 6.06. The number of anilines is 1. The number of nitrogens with zero attached hydrogens (tertiary/aromatic N) is 3. The van der Waals surface area contributed by atoms with Gasteiger partial charge in [0, 0.05) is 24.0 Å². The van der Waals surface area contributed by atoms with E-state index in [2.05, 4.69) is 15.5 Å². The van der Waals surface area contributed by atoms with Crippen LogP contribution in [0.1, 0.15) is 18.6 Å². The average Bonchev–Trinajstić information content (AvgIpc) is 3.44. The van der Waals surface area contributed by atoms with Crippen LogP contribution in [0.3, 0.4) is 0 Å². The molecule has 4 rings (SSSR count). The van der Waals surface area contributed by atoms with Crippen LogP contribution in [0, 0.1) is 0 Å². The van der Waals surface area contributed by atoms with Crippen molar-refractivity contribution >= 4 is 32.7 Å².